The van der Waals surface area contributed by atoms with E-state index in [1.807, 2.05) is 54.5 Å². The van der Waals surface area contributed by atoms with Crippen molar-refractivity contribution >= 4 is 70.2 Å². The van der Waals surface area contributed by atoms with Gasteiger partial charge >= 0.3 is 40.3 Å². The number of aryl methyl sites for hydroxylation is 7. The summed E-state index contributed by atoms with van der Waals surface area (Å²) in [4.78, 5) is 81.6. The van der Waals surface area contributed by atoms with Gasteiger partial charge in [-0.15, -0.1) is 0 Å². The average Bonchev–Trinajstić information content (AvgIpc) is 1.73. The second-order valence-electron chi connectivity index (χ2n) is 35.5. The highest BCUT2D eigenvalue weighted by atomic mass is 32.2. The third-order valence-corrected chi connectivity index (χ3v) is 33.8. The van der Waals surface area contributed by atoms with Gasteiger partial charge in [-0.05, 0) is 142 Å². The largest absolute Gasteiger partial charge is 0.441 e. The normalized spacial score (nSPS) is 19.3. The Balaban J connectivity index is 0.000000560. The van der Waals surface area contributed by atoms with E-state index in [2.05, 4.69) is 101 Å². The molecule has 0 spiro atoms. The summed E-state index contributed by atoms with van der Waals surface area (Å²) in [5.74, 6) is -0.888. The molecule has 0 fully saturated rings. The van der Waals surface area contributed by atoms with Crippen LogP contribution in [0, 0.1) is 11.8 Å². The van der Waals surface area contributed by atoms with Gasteiger partial charge in [0.25, 0.3) is 0 Å². The Labute approximate surface area is 840 Å². The molecule has 0 radical (unpaired) electrons. The van der Waals surface area contributed by atoms with Crippen LogP contribution in [0.2, 0.25) is 0 Å². The minimum Gasteiger partial charge on any atom is -0.396 e. The number of nitrogens with zero attached hydrogens (tertiary/aromatic N) is 14. The van der Waals surface area contributed by atoms with E-state index in [-0.39, 0.29) is 141 Å². The van der Waals surface area contributed by atoms with Crippen molar-refractivity contribution in [1.29, 1.82) is 0 Å². The van der Waals surface area contributed by atoms with Crippen molar-refractivity contribution in [2.24, 2.45) is 11.8 Å². The number of hydrogen-bond acceptors (Lipinski definition) is 36. The Morgan fingerprint density at radius 1 is 0.329 bits per heavy atom. The fourth-order valence-corrected chi connectivity index (χ4v) is 26.1. The molecule has 0 aromatic carbocycles. The van der Waals surface area contributed by atoms with Crippen LogP contribution in [0.3, 0.4) is 0 Å². The molecule has 0 bridgehead atoms. The van der Waals surface area contributed by atoms with E-state index in [1.54, 1.807) is 6.92 Å². The minimum atomic E-state index is -3.53. The van der Waals surface area contributed by atoms with Crippen molar-refractivity contribution in [3.05, 3.63) is 126 Å². The number of fused-ring (bicyclic) bond motifs is 7. The van der Waals surface area contributed by atoms with Gasteiger partial charge in [0, 0.05) is 90.8 Å². The van der Waals surface area contributed by atoms with Gasteiger partial charge in [0.05, 0.1) is 82.6 Å². The Kier molecular flexibility index (Phi) is 56.7. The van der Waals surface area contributed by atoms with Crippen LogP contribution in [-0.2, 0) is 115 Å². The number of aromatic nitrogens is 14. The van der Waals surface area contributed by atoms with E-state index < -0.39 is 129 Å². The first-order chi connectivity index (χ1) is 64.9. The summed E-state index contributed by atoms with van der Waals surface area (Å²) in [7, 11) is -22.5. The zero-order chi connectivity index (χ0) is 100. The summed E-state index contributed by atoms with van der Waals surface area (Å²) in [6, 6.07) is -2.80. The molecule has 0 aliphatic carbocycles. The second kappa shape index (κ2) is 62.1. The molecule has 57 heteroatoms. The van der Waals surface area contributed by atoms with Crippen LogP contribution < -0.4 is 73.3 Å². The monoisotopic (exact) mass is 2180 g/mol. The summed E-state index contributed by atoms with van der Waals surface area (Å²) < 4.78 is 227. The third kappa shape index (κ3) is 41.7. The van der Waals surface area contributed by atoms with Gasteiger partial charge in [-0.1, -0.05) is 185 Å². The van der Waals surface area contributed by atoms with Crippen LogP contribution in [0.1, 0.15) is 344 Å². The first-order valence-corrected chi connectivity index (χ1v) is 58.4. The summed E-state index contributed by atoms with van der Waals surface area (Å²) in [5.41, 5.74) is 0.947. The SMILES string of the molecule is C.C.C.C.C.C.C/C=C(/C)CNS(=O)(=O)CC1CCCCc2noc(=O)n21.CC(C)CNS(=O)(=O)CC1CCCCc2noc(=O)n21.CC(CO)CNS(=O)(=O)CC1CCCCc2noc(=O)n21.CCCCNS(=O)(=O)CC1CCCCc2noc(=O)n21.CCCNS(=O)(=O)CC1CCCCc2noc(=O)n21.CCCNS(=O)(=O)CC1CCCCc2noc(=O)n21.CNS(=O)(=O)CC1CCCCc2noc(=O)n21. The first kappa shape index (κ1) is 131. The van der Waals surface area contributed by atoms with Gasteiger partial charge in [0.1, 0.15) is 0 Å². The smallest absolute Gasteiger partial charge is 0.396 e. The van der Waals surface area contributed by atoms with Crippen molar-refractivity contribution in [3.63, 3.8) is 0 Å². The highest BCUT2D eigenvalue weighted by Gasteiger charge is 2.36. The molecule has 826 valence electrons. The number of rotatable bonds is 35. The van der Waals surface area contributed by atoms with Crippen LogP contribution in [0.4, 0.5) is 0 Å². The quantitative estimate of drug-likeness (QED) is 0.0156. The summed E-state index contributed by atoms with van der Waals surface area (Å²) >= 11 is 0. The molecule has 14 heterocycles. The zero-order valence-electron chi connectivity index (χ0n) is 79.3. The number of aliphatic hydroxyl groups is 1. The van der Waals surface area contributed by atoms with Gasteiger partial charge < -0.3 is 5.11 Å². The molecule has 14 rings (SSSR count). The molecule has 0 saturated heterocycles. The number of allylic oxidation sites excluding steroid dienone is 1. The van der Waals surface area contributed by atoms with Crippen LogP contribution in [-0.4, -0.2) is 225 Å². The topological polar surface area (TPSA) is 680 Å². The van der Waals surface area contributed by atoms with E-state index in [0.29, 0.717) is 157 Å². The number of sulfonamides is 7. The highest BCUT2D eigenvalue weighted by molar-refractivity contribution is 7.91. The van der Waals surface area contributed by atoms with Crippen molar-refractivity contribution < 1.29 is 95.7 Å². The van der Waals surface area contributed by atoms with Crippen LogP contribution >= 0.6 is 0 Å². The van der Waals surface area contributed by atoms with Crippen LogP contribution in [0.25, 0.3) is 0 Å². The minimum absolute atomic E-state index is 0. The molecular weight excluding hydrogens is 2020 g/mol. The molecule has 7 aromatic rings. The van der Waals surface area contributed by atoms with E-state index in [1.165, 1.54) is 39.0 Å². The van der Waals surface area contributed by atoms with Crippen molar-refractivity contribution in [2.75, 3.05) is 93.2 Å². The summed E-state index contributed by atoms with van der Waals surface area (Å²) in [6.07, 6.45) is 26.5. The van der Waals surface area contributed by atoms with Gasteiger partial charge in [0.2, 0.25) is 70.2 Å². The number of hydrogen-bond donors (Lipinski definition) is 8. The second-order valence-corrected chi connectivity index (χ2v) is 48.6. The Morgan fingerprint density at radius 2 is 0.538 bits per heavy atom. The molecule has 7 aliphatic rings. The maximum absolute atomic E-state index is 12.2. The molecule has 8 unspecified atom stereocenters. The Hall–Kier alpha value is -8.35. The summed E-state index contributed by atoms with van der Waals surface area (Å²) in [5, 5.41) is 35.0. The lowest BCUT2D eigenvalue weighted by Gasteiger charge is -2.17. The fraction of sp³-hybridized carbons (Fsp3) is 0.814. The van der Waals surface area contributed by atoms with Crippen molar-refractivity contribution in [1.82, 2.24) is 101 Å². The lowest BCUT2D eigenvalue weighted by atomic mass is 10.1. The van der Waals surface area contributed by atoms with Crippen LogP contribution in [0.5, 0.6) is 0 Å². The Bertz CT molecular complexity index is 6190. The average molecular weight is 2180 g/mol. The highest BCUT2D eigenvalue weighted by Crippen LogP contribution is 2.30. The predicted molar refractivity (Wildman–Crippen MR) is 541 cm³/mol. The molecule has 143 heavy (non-hydrogen) atoms. The molecule has 8 atom stereocenters. The molecule has 0 saturated carbocycles. The molecule has 8 N–H and O–H groups in total. The van der Waals surface area contributed by atoms with Gasteiger partial charge in [-0.2, -0.15) is 0 Å². The predicted octanol–water partition coefficient (Wildman–Crippen LogP) is 6.48. The molecule has 50 nitrogen and oxygen atoms in total. The Morgan fingerprint density at radius 3 is 0.741 bits per heavy atom. The fourth-order valence-electron chi connectivity index (χ4n) is 16.4. The lowest BCUT2D eigenvalue weighted by Crippen LogP contribution is -2.36. The van der Waals surface area contributed by atoms with Gasteiger partial charge in [-0.3, -0.25) is 63.6 Å². The zero-order valence-corrected chi connectivity index (χ0v) is 85.0. The maximum Gasteiger partial charge on any atom is 0.441 e. The summed E-state index contributed by atoms with van der Waals surface area (Å²) in [6.45, 7) is 17.2. The molecule has 7 aromatic heterocycles. The molecular formula is C86H161N21O29S7. The standard InChI is InChI=1S/C13H21N3O4S.C12H21N3O5S.2C12H21N3O4S.2C11H19N3O4S.C9H15N3O4S.6CH4/c1-3-10(2)8-14-21(18,19)9-11-6-4-5-7-12-15-20-13(17)16(11)12;1-9(7-16)6-13-21(18,19)8-10-4-2-3-5-11-14-20-12(17)15(10)11;1-9(2)7-13-20(17,18)8-10-5-3-4-6-11-14-19-12(16)15(10)11;1-2-3-8-13-20(17,18)9-10-6-4-5-7-11-14-19-12(16)15(10)11;2*1-2-7-12-19(16,17)8-9-5-3-4-6-10-13-18-11(15)14(9)10;1-10-17(14,15)6-7-4-2-3-5-8-11-16-9(13)12(7)8;;;;;;/h3,11,14H,4-9H2,1-2H3;9-10,13,16H,2-8H2,1H3;9-10,13H,3-8H2,1-2H3;10,13H,2-9H2,1H3;2*9,12H,2-8H2,1H3;7,10H,2-6H2,1H3;6*1H4/b10-3-;;;;;;;;;;;;. The lowest BCUT2D eigenvalue weighted by molar-refractivity contribution is 0.238. The van der Waals surface area contributed by atoms with E-state index in [9.17, 15) is 92.5 Å². The van der Waals surface area contributed by atoms with Crippen molar-refractivity contribution in [2.45, 2.75) is 348 Å². The van der Waals surface area contributed by atoms with E-state index in [4.69, 9.17) is 5.11 Å². The number of nitrogens with one attached hydrogen (secondary N) is 7. The van der Waals surface area contributed by atoms with Gasteiger partial charge in [-0.25, -0.2) is 126 Å². The number of unbranched alkanes of at least 4 members (excludes halogenated alkanes) is 1. The van der Waals surface area contributed by atoms with E-state index >= 15 is 0 Å². The van der Waals surface area contributed by atoms with Gasteiger partial charge in [0.15, 0.2) is 40.8 Å². The van der Waals surface area contributed by atoms with Crippen molar-refractivity contribution in [3.8, 4) is 0 Å². The van der Waals surface area contributed by atoms with E-state index in [0.717, 1.165) is 121 Å². The first-order valence-electron chi connectivity index (χ1n) is 46.8. The third-order valence-electron chi connectivity index (χ3n) is 23.7. The molecule has 0 amide bonds. The molecule has 7 aliphatic heterocycles. The maximum atomic E-state index is 12.2. The number of aliphatic hydroxyl groups excluding tert-OH is 1. The van der Waals surface area contributed by atoms with Crippen LogP contribution in [0.15, 0.2) is 76.9 Å².